The molecule has 0 aromatic heterocycles. The number of anilines is 2. The third-order valence-electron chi connectivity index (χ3n) is 12.2. The van der Waals surface area contributed by atoms with Gasteiger partial charge in [0.25, 0.3) is 0 Å². The minimum atomic E-state index is 0.435. The first-order valence-electron chi connectivity index (χ1n) is 15.4. The highest BCUT2D eigenvalue weighted by molar-refractivity contribution is 5.52. The van der Waals surface area contributed by atoms with Gasteiger partial charge in [0, 0.05) is 17.4 Å². The summed E-state index contributed by atoms with van der Waals surface area (Å²) in [5, 5.41) is 4.05. The SMILES string of the molecule is CC(C)CCC[C@@H](C)[C@H]1CC[C@H]2[C@@H]3CCC4CCCC(Nc5ccc(N)cc5)[C@]4(C)[C@H]3CC[C@]12C. The molecule has 0 aliphatic heterocycles. The summed E-state index contributed by atoms with van der Waals surface area (Å²) in [5.74, 6) is 6.45. The van der Waals surface area contributed by atoms with Crippen molar-refractivity contribution in [3.05, 3.63) is 24.3 Å². The van der Waals surface area contributed by atoms with E-state index >= 15 is 0 Å². The lowest BCUT2D eigenvalue weighted by molar-refractivity contribution is -0.119. The Morgan fingerprint density at radius 1 is 0.886 bits per heavy atom. The van der Waals surface area contributed by atoms with Crippen LogP contribution >= 0.6 is 0 Å². The molecule has 4 fully saturated rings. The van der Waals surface area contributed by atoms with Crippen LogP contribution in [0.3, 0.4) is 0 Å². The predicted molar refractivity (Wildman–Crippen MR) is 151 cm³/mol. The van der Waals surface area contributed by atoms with Crippen LogP contribution in [0.15, 0.2) is 24.3 Å². The van der Waals surface area contributed by atoms with Gasteiger partial charge in [0.2, 0.25) is 0 Å². The van der Waals surface area contributed by atoms with Crippen LogP contribution < -0.4 is 11.1 Å². The van der Waals surface area contributed by atoms with Gasteiger partial charge in [0.05, 0.1) is 0 Å². The smallest absolute Gasteiger partial charge is 0.0344 e. The lowest BCUT2D eigenvalue weighted by Crippen LogP contribution is -2.59. The van der Waals surface area contributed by atoms with Crippen molar-refractivity contribution in [2.24, 2.45) is 52.3 Å². The number of hydrogen-bond acceptors (Lipinski definition) is 2. The molecule has 0 heterocycles. The van der Waals surface area contributed by atoms with Crippen molar-refractivity contribution in [1.82, 2.24) is 0 Å². The lowest BCUT2D eigenvalue weighted by Gasteiger charge is -2.63. The quantitative estimate of drug-likeness (QED) is 0.383. The Bertz CT molecular complexity index is 845. The van der Waals surface area contributed by atoms with Gasteiger partial charge in [-0.3, -0.25) is 0 Å². The maximum atomic E-state index is 5.99. The lowest BCUT2D eigenvalue weighted by atomic mass is 9.43. The van der Waals surface area contributed by atoms with Crippen LogP contribution in [-0.2, 0) is 0 Å². The number of rotatable bonds is 7. The third-order valence-corrected chi connectivity index (χ3v) is 12.2. The van der Waals surface area contributed by atoms with E-state index < -0.39 is 0 Å². The Kier molecular flexibility index (Phi) is 7.23. The standard InChI is InChI=1S/C33H54N2/c1-22(2)8-6-9-23(3)28-18-19-29-27-17-12-24-10-7-11-31(35-26-15-13-25(34)14-16-26)33(24,5)30(27)20-21-32(28,29)4/h13-16,22-24,27-31,35H,6-12,17-21,34H2,1-5H3/t23-,24?,27+,28-,29+,30+,31?,32-,33+/m1/s1. The molecule has 2 nitrogen and oxygen atoms in total. The minimum Gasteiger partial charge on any atom is -0.399 e. The molecule has 196 valence electrons. The summed E-state index contributed by atoms with van der Waals surface area (Å²) in [7, 11) is 0. The predicted octanol–water partition coefficient (Wildman–Crippen LogP) is 9.17. The normalized spacial score (nSPS) is 41.7. The van der Waals surface area contributed by atoms with Crippen molar-refractivity contribution in [2.45, 2.75) is 118 Å². The van der Waals surface area contributed by atoms with Crippen LogP contribution in [-0.4, -0.2) is 6.04 Å². The van der Waals surface area contributed by atoms with Crippen molar-refractivity contribution in [3.63, 3.8) is 0 Å². The second-order valence-electron chi connectivity index (χ2n) is 14.3. The van der Waals surface area contributed by atoms with E-state index in [-0.39, 0.29) is 0 Å². The average Bonchev–Trinajstić information content (AvgIpc) is 3.18. The number of fused-ring (bicyclic) bond motifs is 5. The Morgan fingerprint density at radius 3 is 2.40 bits per heavy atom. The van der Waals surface area contributed by atoms with E-state index in [2.05, 4.69) is 64.2 Å². The molecule has 0 saturated heterocycles. The Hall–Kier alpha value is -1.18. The summed E-state index contributed by atoms with van der Waals surface area (Å²) >= 11 is 0. The zero-order valence-electron chi connectivity index (χ0n) is 23.5. The maximum absolute atomic E-state index is 5.99. The number of hydrogen-bond donors (Lipinski definition) is 2. The molecule has 0 spiro atoms. The molecule has 35 heavy (non-hydrogen) atoms. The Balaban J connectivity index is 1.34. The van der Waals surface area contributed by atoms with Gasteiger partial charge in [-0.1, -0.05) is 60.3 Å². The van der Waals surface area contributed by atoms with Gasteiger partial charge in [0.15, 0.2) is 0 Å². The topological polar surface area (TPSA) is 38.0 Å². The highest BCUT2D eigenvalue weighted by Crippen LogP contribution is 2.68. The molecule has 5 rings (SSSR count). The van der Waals surface area contributed by atoms with Crippen LogP contribution in [0.5, 0.6) is 0 Å². The summed E-state index contributed by atoms with van der Waals surface area (Å²) in [6.07, 6.45) is 17.4. The Labute approximate surface area is 216 Å². The zero-order chi connectivity index (χ0) is 24.8. The second kappa shape index (κ2) is 9.94. The number of nitrogens with two attached hydrogens (primary N) is 1. The van der Waals surface area contributed by atoms with Crippen LogP contribution in [0.25, 0.3) is 0 Å². The monoisotopic (exact) mass is 478 g/mol. The second-order valence-corrected chi connectivity index (χ2v) is 14.3. The van der Waals surface area contributed by atoms with Gasteiger partial charge in [-0.25, -0.2) is 0 Å². The molecule has 4 saturated carbocycles. The Morgan fingerprint density at radius 2 is 1.66 bits per heavy atom. The summed E-state index contributed by atoms with van der Waals surface area (Å²) in [6, 6.07) is 9.11. The molecule has 3 N–H and O–H groups in total. The highest BCUT2D eigenvalue weighted by Gasteiger charge is 2.62. The fourth-order valence-electron chi connectivity index (χ4n) is 10.4. The maximum Gasteiger partial charge on any atom is 0.0344 e. The van der Waals surface area contributed by atoms with Crippen LogP contribution in [0.2, 0.25) is 0 Å². The van der Waals surface area contributed by atoms with Crippen molar-refractivity contribution in [1.29, 1.82) is 0 Å². The molecule has 4 aliphatic rings. The van der Waals surface area contributed by atoms with Gasteiger partial charge in [-0.05, 0) is 128 Å². The third kappa shape index (κ3) is 4.54. The minimum absolute atomic E-state index is 0.435. The van der Waals surface area contributed by atoms with E-state index in [1.165, 1.54) is 82.7 Å². The highest BCUT2D eigenvalue weighted by atomic mass is 15.0. The summed E-state index contributed by atoms with van der Waals surface area (Å²) < 4.78 is 0. The van der Waals surface area contributed by atoms with Crippen molar-refractivity contribution < 1.29 is 0 Å². The van der Waals surface area contributed by atoms with Crippen LogP contribution in [0.4, 0.5) is 11.4 Å². The average molecular weight is 479 g/mol. The van der Waals surface area contributed by atoms with Crippen LogP contribution in [0, 0.1) is 52.3 Å². The molecule has 0 bridgehead atoms. The van der Waals surface area contributed by atoms with E-state index in [0.717, 1.165) is 47.1 Å². The fourth-order valence-corrected chi connectivity index (χ4v) is 10.4. The summed E-state index contributed by atoms with van der Waals surface area (Å²) in [5.41, 5.74) is 9.15. The molecule has 0 radical (unpaired) electrons. The molecule has 0 amide bonds. The van der Waals surface area contributed by atoms with Gasteiger partial charge in [0.1, 0.15) is 0 Å². The van der Waals surface area contributed by atoms with Crippen molar-refractivity contribution in [2.75, 3.05) is 11.1 Å². The summed E-state index contributed by atoms with van der Waals surface area (Å²) in [4.78, 5) is 0. The molecule has 1 aromatic carbocycles. The van der Waals surface area contributed by atoms with Gasteiger partial charge < -0.3 is 11.1 Å². The van der Waals surface area contributed by atoms with Gasteiger partial charge >= 0.3 is 0 Å². The first kappa shape index (κ1) is 25.5. The van der Waals surface area contributed by atoms with Gasteiger partial charge in [-0.15, -0.1) is 0 Å². The molecule has 2 unspecified atom stereocenters. The molecule has 2 heteroatoms. The fraction of sp³-hybridized carbons (Fsp3) is 0.818. The van der Waals surface area contributed by atoms with E-state index in [0.29, 0.717) is 16.9 Å². The molecule has 1 aromatic rings. The molecular weight excluding hydrogens is 424 g/mol. The van der Waals surface area contributed by atoms with Gasteiger partial charge in [-0.2, -0.15) is 0 Å². The number of benzene rings is 1. The first-order chi connectivity index (χ1) is 16.7. The molecular formula is C33H54N2. The number of nitrogen functional groups attached to an aromatic ring is 1. The number of nitrogens with one attached hydrogen (secondary N) is 1. The molecule has 9 atom stereocenters. The van der Waals surface area contributed by atoms with Crippen LogP contribution in [0.1, 0.15) is 112 Å². The largest absolute Gasteiger partial charge is 0.399 e. The van der Waals surface area contributed by atoms with Crippen molar-refractivity contribution >= 4 is 11.4 Å². The summed E-state index contributed by atoms with van der Waals surface area (Å²) in [6.45, 7) is 12.8. The van der Waals surface area contributed by atoms with E-state index in [1.54, 1.807) is 0 Å². The van der Waals surface area contributed by atoms with Crippen molar-refractivity contribution in [3.8, 4) is 0 Å². The first-order valence-corrected chi connectivity index (χ1v) is 15.4. The van der Waals surface area contributed by atoms with E-state index in [1.807, 2.05) is 0 Å². The zero-order valence-corrected chi connectivity index (χ0v) is 23.5. The molecule has 4 aliphatic carbocycles. The van der Waals surface area contributed by atoms with E-state index in [9.17, 15) is 0 Å². The van der Waals surface area contributed by atoms with E-state index in [4.69, 9.17) is 5.73 Å².